The van der Waals surface area contributed by atoms with E-state index in [0.717, 1.165) is 0 Å². The monoisotopic (exact) mass is 163 g/mol. The lowest BCUT2D eigenvalue weighted by Gasteiger charge is -2.05. The van der Waals surface area contributed by atoms with Crippen LogP contribution in [0.5, 0.6) is 0 Å². The third-order valence-electron chi connectivity index (χ3n) is 1.80. The smallest absolute Gasteiger partial charge is 0.0671 e. The Morgan fingerprint density at radius 2 is 1.36 bits per heavy atom. The standard InChI is InChI=1S/C10H15Si/c1-8-5-9(2)7-10(6-8)11(3)4/h5-7H,1-4H3. The molecule has 0 aliphatic rings. The Bertz CT molecular complexity index is 231. The summed E-state index contributed by atoms with van der Waals surface area (Å²) in [7, 11) is -0.256. The molecule has 59 valence electrons. The van der Waals surface area contributed by atoms with Crippen LogP contribution < -0.4 is 5.19 Å². The second kappa shape index (κ2) is 3.22. The molecule has 0 aliphatic heterocycles. The highest BCUT2D eigenvalue weighted by molar-refractivity contribution is 6.70. The molecule has 1 aromatic rings. The summed E-state index contributed by atoms with van der Waals surface area (Å²) in [4.78, 5) is 0. The lowest BCUT2D eigenvalue weighted by molar-refractivity contribution is 1.40. The van der Waals surface area contributed by atoms with Crippen LogP contribution in [-0.4, -0.2) is 8.80 Å². The van der Waals surface area contributed by atoms with Gasteiger partial charge < -0.3 is 0 Å². The molecule has 0 aliphatic carbocycles. The van der Waals surface area contributed by atoms with Crippen LogP contribution in [0.15, 0.2) is 18.2 Å². The molecule has 0 N–H and O–H groups in total. The number of hydrogen-bond acceptors (Lipinski definition) is 0. The summed E-state index contributed by atoms with van der Waals surface area (Å²) in [5, 5.41) is 1.55. The zero-order valence-corrected chi connectivity index (χ0v) is 8.73. The summed E-state index contributed by atoms with van der Waals surface area (Å²) in [6.07, 6.45) is 0. The van der Waals surface area contributed by atoms with E-state index >= 15 is 0 Å². The van der Waals surface area contributed by atoms with Crippen molar-refractivity contribution in [3.05, 3.63) is 29.3 Å². The normalized spacial score (nSPS) is 10.6. The van der Waals surface area contributed by atoms with Crippen molar-refractivity contribution in [1.82, 2.24) is 0 Å². The molecular weight excluding hydrogens is 148 g/mol. The zero-order chi connectivity index (χ0) is 8.43. The third kappa shape index (κ3) is 2.19. The van der Waals surface area contributed by atoms with E-state index in [1.165, 1.54) is 11.1 Å². The van der Waals surface area contributed by atoms with Crippen LogP contribution in [-0.2, 0) is 0 Å². The van der Waals surface area contributed by atoms with Crippen molar-refractivity contribution >= 4 is 14.0 Å². The Kier molecular flexibility index (Phi) is 2.50. The average molecular weight is 163 g/mol. The summed E-state index contributed by atoms with van der Waals surface area (Å²) >= 11 is 0. The molecule has 0 nitrogen and oxygen atoms in total. The first-order valence-corrected chi connectivity index (χ1v) is 6.48. The predicted molar refractivity (Wildman–Crippen MR) is 53.0 cm³/mol. The summed E-state index contributed by atoms with van der Waals surface area (Å²) in [5.41, 5.74) is 2.79. The number of benzene rings is 1. The molecule has 0 amide bonds. The molecule has 0 atom stereocenters. The van der Waals surface area contributed by atoms with Crippen molar-refractivity contribution in [3.8, 4) is 0 Å². The van der Waals surface area contributed by atoms with E-state index in [1.54, 1.807) is 5.19 Å². The maximum absolute atomic E-state index is 2.33. The average Bonchev–Trinajstić information content (AvgIpc) is 1.85. The van der Waals surface area contributed by atoms with Gasteiger partial charge in [0.15, 0.2) is 0 Å². The summed E-state index contributed by atoms with van der Waals surface area (Å²) in [6.45, 7) is 9.00. The molecule has 0 aromatic heterocycles. The van der Waals surface area contributed by atoms with Gasteiger partial charge in [-0.3, -0.25) is 0 Å². The summed E-state index contributed by atoms with van der Waals surface area (Å²) < 4.78 is 0. The van der Waals surface area contributed by atoms with Gasteiger partial charge in [-0.05, 0) is 13.8 Å². The van der Waals surface area contributed by atoms with Gasteiger partial charge in [-0.25, -0.2) is 0 Å². The number of hydrogen-bond donors (Lipinski definition) is 0. The van der Waals surface area contributed by atoms with E-state index in [2.05, 4.69) is 45.1 Å². The Morgan fingerprint density at radius 3 is 1.73 bits per heavy atom. The minimum absolute atomic E-state index is 0.256. The second-order valence-corrected chi connectivity index (χ2v) is 5.95. The molecule has 1 aromatic carbocycles. The summed E-state index contributed by atoms with van der Waals surface area (Å²) in [6, 6.07) is 6.84. The topological polar surface area (TPSA) is 0 Å². The minimum atomic E-state index is -0.256. The first-order valence-electron chi connectivity index (χ1n) is 3.98. The van der Waals surface area contributed by atoms with Crippen molar-refractivity contribution in [2.24, 2.45) is 0 Å². The van der Waals surface area contributed by atoms with E-state index in [9.17, 15) is 0 Å². The van der Waals surface area contributed by atoms with Gasteiger partial charge in [0.05, 0.1) is 8.80 Å². The molecule has 1 radical (unpaired) electrons. The minimum Gasteiger partial charge on any atom is -0.0671 e. The molecule has 0 unspecified atom stereocenters. The predicted octanol–water partition coefficient (Wildman–Crippen LogP) is 2.26. The zero-order valence-electron chi connectivity index (χ0n) is 7.73. The van der Waals surface area contributed by atoms with Crippen LogP contribution >= 0.6 is 0 Å². The lowest BCUT2D eigenvalue weighted by atomic mass is 10.2. The highest BCUT2D eigenvalue weighted by atomic mass is 28.3. The Morgan fingerprint density at radius 1 is 0.909 bits per heavy atom. The van der Waals surface area contributed by atoms with Crippen LogP contribution in [0.2, 0.25) is 13.1 Å². The van der Waals surface area contributed by atoms with Gasteiger partial charge in [-0.2, -0.15) is 0 Å². The van der Waals surface area contributed by atoms with Crippen molar-refractivity contribution in [1.29, 1.82) is 0 Å². The molecule has 0 saturated heterocycles. The van der Waals surface area contributed by atoms with Gasteiger partial charge in [-0.15, -0.1) is 0 Å². The SMILES string of the molecule is Cc1cc(C)cc([Si](C)C)c1. The Hall–Kier alpha value is -0.563. The molecule has 0 saturated carbocycles. The Balaban J connectivity index is 3.08. The van der Waals surface area contributed by atoms with Gasteiger partial charge in [0.2, 0.25) is 0 Å². The maximum atomic E-state index is 2.33. The number of aryl methyl sites for hydroxylation is 2. The van der Waals surface area contributed by atoms with Gasteiger partial charge in [0.1, 0.15) is 0 Å². The molecule has 0 spiro atoms. The fraction of sp³-hybridized carbons (Fsp3) is 0.400. The largest absolute Gasteiger partial charge is 0.0791 e. The van der Waals surface area contributed by atoms with Gasteiger partial charge in [0, 0.05) is 0 Å². The van der Waals surface area contributed by atoms with Crippen LogP contribution in [0.4, 0.5) is 0 Å². The van der Waals surface area contributed by atoms with Gasteiger partial charge in [-0.1, -0.05) is 47.6 Å². The van der Waals surface area contributed by atoms with E-state index < -0.39 is 0 Å². The quantitative estimate of drug-likeness (QED) is 0.557. The van der Waals surface area contributed by atoms with Gasteiger partial charge >= 0.3 is 0 Å². The first-order chi connectivity index (χ1) is 5.09. The second-order valence-electron chi connectivity index (χ2n) is 3.38. The number of rotatable bonds is 1. The van der Waals surface area contributed by atoms with Crippen molar-refractivity contribution < 1.29 is 0 Å². The van der Waals surface area contributed by atoms with Crippen molar-refractivity contribution in [2.45, 2.75) is 26.9 Å². The van der Waals surface area contributed by atoms with Gasteiger partial charge in [0.25, 0.3) is 0 Å². The molecule has 1 rings (SSSR count). The molecule has 11 heavy (non-hydrogen) atoms. The fourth-order valence-electron chi connectivity index (χ4n) is 1.26. The molecule has 0 fully saturated rings. The van der Waals surface area contributed by atoms with Crippen LogP contribution in [0.25, 0.3) is 0 Å². The van der Waals surface area contributed by atoms with Crippen LogP contribution in [0.1, 0.15) is 11.1 Å². The highest BCUT2D eigenvalue weighted by Gasteiger charge is 2.00. The van der Waals surface area contributed by atoms with Crippen LogP contribution in [0, 0.1) is 13.8 Å². The first kappa shape index (κ1) is 8.53. The van der Waals surface area contributed by atoms with Crippen LogP contribution in [0.3, 0.4) is 0 Å². The van der Waals surface area contributed by atoms with E-state index in [-0.39, 0.29) is 8.80 Å². The van der Waals surface area contributed by atoms with E-state index in [4.69, 9.17) is 0 Å². The summed E-state index contributed by atoms with van der Waals surface area (Å²) in [5.74, 6) is 0. The Labute approximate surface area is 70.9 Å². The van der Waals surface area contributed by atoms with E-state index in [0.29, 0.717) is 0 Å². The molecular formula is C10H15Si. The lowest BCUT2D eigenvalue weighted by Crippen LogP contribution is -2.22. The fourth-order valence-corrected chi connectivity index (χ4v) is 2.30. The molecule has 0 bridgehead atoms. The van der Waals surface area contributed by atoms with E-state index in [1.807, 2.05) is 0 Å². The molecule has 0 heterocycles. The highest BCUT2D eigenvalue weighted by Crippen LogP contribution is 2.01. The van der Waals surface area contributed by atoms with Crippen molar-refractivity contribution in [3.63, 3.8) is 0 Å². The third-order valence-corrected chi connectivity index (χ3v) is 3.24. The van der Waals surface area contributed by atoms with Crippen molar-refractivity contribution in [2.75, 3.05) is 0 Å². The maximum Gasteiger partial charge on any atom is 0.0791 e. The molecule has 1 heteroatoms.